The summed E-state index contributed by atoms with van der Waals surface area (Å²) >= 11 is 0. The lowest BCUT2D eigenvalue weighted by molar-refractivity contribution is 0.169. The zero-order chi connectivity index (χ0) is 14.7. The predicted octanol–water partition coefficient (Wildman–Crippen LogP) is 2.03. The largest absolute Gasteiger partial charge is 0.353 e. The summed E-state index contributed by atoms with van der Waals surface area (Å²) in [6.07, 6.45) is 0. The van der Waals surface area contributed by atoms with Gasteiger partial charge in [-0.15, -0.1) is 0 Å². The SMILES string of the molecule is CCNCc1cc(C)nc(N2CC(C)N(C)C(C)C2)c1. The van der Waals surface area contributed by atoms with Crippen molar-refractivity contribution in [3.8, 4) is 0 Å². The lowest BCUT2D eigenvalue weighted by atomic mass is 10.1. The lowest BCUT2D eigenvalue weighted by Crippen LogP contribution is -2.55. The van der Waals surface area contributed by atoms with Crippen LogP contribution in [0, 0.1) is 6.92 Å². The van der Waals surface area contributed by atoms with Crippen molar-refractivity contribution < 1.29 is 0 Å². The quantitative estimate of drug-likeness (QED) is 0.912. The normalized spacial score (nSPS) is 24.1. The van der Waals surface area contributed by atoms with Gasteiger partial charge in [-0.05, 0) is 52.1 Å². The Bertz CT molecular complexity index is 434. The van der Waals surface area contributed by atoms with Gasteiger partial charge in [-0.3, -0.25) is 4.90 Å². The molecule has 0 amide bonds. The molecule has 2 atom stereocenters. The fraction of sp³-hybridized carbons (Fsp3) is 0.688. The van der Waals surface area contributed by atoms with Crippen molar-refractivity contribution in [1.29, 1.82) is 0 Å². The molecule has 1 aromatic rings. The molecule has 1 N–H and O–H groups in total. The number of nitrogens with one attached hydrogen (secondary N) is 1. The van der Waals surface area contributed by atoms with Crippen LogP contribution >= 0.6 is 0 Å². The number of aryl methyl sites for hydroxylation is 1. The topological polar surface area (TPSA) is 31.4 Å². The van der Waals surface area contributed by atoms with E-state index in [1.54, 1.807) is 0 Å². The summed E-state index contributed by atoms with van der Waals surface area (Å²) in [6.45, 7) is 12.8. The summed E-state index contributed by atoms with van der Waals surface area (Å²) in [5, 5.41) is 3.39. The molecule has 2 heterocycles. The highest BCUT2D eigenvalue weighted by Gasteiger charge is 2.27. The van der Waals surface area contributed by atoms with Crippen molar-refractivity contribution in [2.24, 2.45) is 0 Å². The number of hydrogen-bond donors (Lipinski definition) is 1. The summed E-state index contributed by atoms with van der Waals surface area (Å²) in [5.74, 6) is 1.13. The van der Waals surface area contributed by atoms with Crippen molar-refractivity contribution >= 4 is 5.82 Å². The van der Waals surface area contributed by atoms with E-state index in [9.17, 15) is 0 Å². The Labute approximate surface area is 123 Å². The lowest BCUT2D eigenvalue weighted by Gasteiger charge is -2.43. The molecular formula is C16H28N4. The third kappa shape index (κ3) is 3.49. The van der Waals surface area contributed by atoms with Gasteiger partial charge >= 0.3 is 0 Å². The Morgan fingerprint density at radius 1 is 1.25 bits per heavy atom. The number of rotatable bonds is 4. The molecule has 1 fully saturated rings. The average molecular weight is 276 g/mol. The van der Waals surface area contributed by atoms with Gasteiger partial charge in [0.1, 0.15) is 5.82 Å². The van der Waals surface area contributed by atoms with Crippen LogP contribution < -0.4 is 10.2 Å². The number of nitrogens with zero attached hydrogens (tertiary/aromatic N) is 3. The van der Waals surface area contributed by atoms with E-state index in [-0.39, 0.29) is 0 Å². The van der Waals surface area contributed by atoms with Gasteiger partial charge in [-0.25, -0.2) is 4.98 Å². The Morgan fingerprint density at radius 3 is 2.50 bits per heavy atom. The summed E-state index contributed by atoms with van der Waals surface area (Å²) in [6, 6.07) is 5.55. The number of anilines is 1. The first-order valence-electron chi connectivity index (χ1n) is 7.66. The van der Waals surface area contributed by atoms with Crippen LogP contribution in [-0.4, -0.2) is 48.6 Å². The van der Waals surface area contributed by atoms with Crippen molar-refractivity contribution in [3.63, 3.8) is 0 Å². The summed E-state index contributed by atoms with van der Waals surface area (Å²) in [5.41, 5.74) is 2.43. The fourth-order valence-corrected chi connectivity index (χ4v) is 2.85. The average Bonchev–Trinajstić information content (AvgIpc) is 2.41. The molecule has 1 aromatic heterocycles. The molecule has 0 radical (unpaired) electrons. The monoisotopic (exact) mass is 276 g/mol. The highest BCUT2D eigenvalue weighted by atomic mass is 15.3. The van der Waals surface area contributed by atoms with E-state index in [2.05, 4.69) is 62.0 Å². The first-order chi connectivity index (χ1) is 9.51. The smallest absolute Gasteiger partial charge is 0.129 e. The van der Waals surface area contributed by atoms with Crippen LogP contribution in [0.15, 0.2) is 12.1 Å². The maximum Gasteiger partial charge on any atom is 0.129 e. The second-order valence-electron chi connectivity index (χ2n) is 6.02. The minimum Gasteiger partial charge on any atom is -0.353 e. The highest BCUT2D eigenvalue weighted by molar-refractivity contribution is 5.43. The van der Waals surface area contributed by atoms with Crippen molar-refractivity contribution in [1.82, 2.24) is 15.2 Å². The first-order valence-corrected chi connectivity index (χ1v) is 7.66. The first kappa shape index (κ1) is 15.3. The van der Waals surface area contributed by atoms with Crippen LogP contribution in [0.3, 0.4) is 0 Å². The number of likely N-dealkylation sites (N-methyl/N-ethyl adjacent to an activating group) is 1. The Balaban J connectivity index is 2.17. The van der Waals surface area contributed by atoms with Gasteiger partial charge in [-0.2, -0.15) is 0 Å². The van der Waals surface area contributed by atoms with E-state index < -0.39 is 0 Å². The predicted molar refractivity (Wildman–Crippen MR) is 85.3 cm³/mol. The zero-order valence-electron chi connectivity index (χ0n) is 13.5. The summed E-state index contributed by atoms with van der Waals surface area (Å²) in [7, 11) is 2.22. The molecule has 112 valence electrons. The Kier molecular flexibility index (Phi) is 5.00. The molecule has 4 heteroatoms. The molecular weight excluding hydrogens is 248 g/mol. The van der Waals surface area contributed by atoms with Crippen LogP contribution in [0.25, 0.3) is 0 Å². The molecule has 20 heavy (non-hydrogen) atoms. The molecule has 4 nitrogen and oxygen atoms in total. The molecule has 0 bridgehead atoms. The van der Waals surface area contributed by atoms with Crippen LogP contribution in [0.4, 0.5) is 5.82 Å². The minimum atomic E-state index is 0.568. The second kappa shape index (κ2) is 6.55. The highest BCUT2D eigenvalue weighted by Crippen LogP contribution is 2.21. The van der Waals surface area contributed by atoms with Gasteiger partial charge in [0.05, 0.1) is 0 Å². The number of hydrogen-bond acceptors (Lipinski definition) is 4. The van der Waals surface area contributed by atoms with Gasteiger partial charge in [0.15, 0.2) is 0 Å². The van der Waals surface area contributed by atoms with Crippen LogP contribution in [0.2, 0.25) is 0 Å². The standard InChI is InChI=1S/C16H28N4/c1-6-17-9-15-7-12(2)18-16(8-15)20-10-13(3)19(5)14(4)11-20/h7-8,13-14,17H,6,9-11H2,1-5H3. The molecule has 0 saturated carbocycles. The molecule has 2 unspecified atom stereocenters. The molecule has 1 saturated heterocycles. The van der Waals surface area contributed by atoms with Gasteiger partial charge in [0.25, 0.3) is 0 Å². The van der Waals surface area contributed by atoms with E-state index in [0.717, 1.165) is 37.7 Å². The van der Waals surface area contributed by atoms with E-state index in [0.29, 0.717) is 12.1 Å². The van der Waals surface area contributed by atoms with Crippen LogP contribution in [0.5, 0.6) is 0 Å². The Hall–Kier alpha value is -1.13. The van der Waals surface area contributed by atoms with E-state index in [1.807, 2.05) is 0 Å². The van der Waals surface area contributed by atoms with E-state index >= 15 is 0 Å². The number of pyridine rings is 1. The summed E-state index contributed by atoms with van der Waals surface area (Å²) in [4.78, 5) is 9.62. The molecule has 0 spiro atoms. The van der Waals surface area contributed by atoms with Crippen molar-refractivity contribution in [2.45, 2.75) is 46.3 Å². The van der Waals surface area contributed by atoms with Gasteiger partial charge in [-0.1, -0.05) is 6.92 Å². The number of aromatic nitrogens is 1. The second-order valence-corrected chi connectivity index (χ2v) is 6.02. The summed E-state index contributed by atoms with van der Waals surface area (Å²) < 4.78 is 0. The van der Waals surface area contributed by atoms with Crippen LogP contribution in [-0.2, 0) is 6.54 Å². The molecule has 2 rings (SSSR count). The third-order valence-electron chi connectivity index (χ3n) is 4.26. The van der Waals surface area contributed by atoms with Gasteiger partial charge in [0, 0.05) is 37.4 Å². The maximum absolute atomic E-state index is 4.74. The van der Waals surface area contributed by atoms with Crippen molar-refractivity contribution in [2.75, 3.05) is 31.6 Å². The third-order valence-corrected chi connectivity index (χ3v) is 4.26. The van der Waals surface area contributed by atoms with Crippen LogP contribution in [0.1, 0.15) is 32.0 Å². The maximum atomic E-state index is 4.74. The molecule has 1 aliphatic rings. The molecule has 0 aliphatic carbocycles. The van der Waals surface area contributed by atoms with Gasteiger partial charge < -0.3 is 10.2 Å². The number of piperazine rings is 1. The zero-order valence-corrected chi connectivity index (χ0v) is 13.5. The fourth-order valence-electron chi connectivity index (χ4n) is 2.85. The van der Waals surface area contributed by atoms with E-state index in [4.69, 9.17) is 4.98 Å². The van der Waals surface area contributed by atoms with Crippen molar-refractivity contribution in [3.05, 3.63) is 23.4 Å². The molecule has 0 aromatic carbocycles. The Morgan fingerprint density at radius 2 is 1.90 bits per heavy atom. The minimum absolute atomic E-state index is 0.568. The van der Waals surface area contributed by atoms with E-state index in [1.165, 1.54) is 5.56 Å². The van der Waals surface area contributed by atoms with Gasteiger partial charge in [0.2, 0.25) is 0 Å². The molecule has 1 aliphatic heterocycles.